The molecule has 0 radical (unpaired) electrons. The number of hydrogen-bond acceptors (Lipinski definition) is 2. The first-order chi connectivity index (χ1) is 5.45. The number of hydrogen-bond donors (Lipinski definition) is 1. The van der Waals surface area contributed by atoms with Gasteiger partial charge in [0.2, 0.25) is 0 Å². The third-order valence-corrected chi connectivity index (χ3v) is 3.48. The van der Waals surface area contributed by atoms with E-state index >= 15 is 0 Å². The Morgan fingerprint density at radius 3 is 2.42 bits per heavy atom. The number of amides is 1. The van der Waals surface area contributed by atoms with E-state index in [0.717, 1.165) is 6.42 Å². The zero-order valence-corrected chi connectivity index (χ0v) is 8.99. The Morgan fingerprint density at radius 1 is 1.50 bits per heavy atom. The average Bonchev–Trinajstić information content (AvgIpc) is 2.29. The van der Waals surface area contributed by atoms with Gasteiger partial charge in [0.15, 0.2) is 0 Å². The minimum absolute atomic E-state index is 0.141. The molecule has 1 amide bonds. The smallest absolute Gasteiger partial charge is 0.279 e. The fourth-order valence-electron chi connectivity index (χ4n) is 1.55. The molecule has 1 fully saturated rings. The molecule has 2 nitrogen and oxygen atoms in total. The van der Waals surface area contributed by atoms with Crippen molar-refractivity contribution in [3.8, 4) is 0 Å². The van der Waals surface area contributed by atoms with Gasteiger partial charge in [0, 0.05) is 11.3 Å². The van der Waals surface area contributed by atoms with Gasteiger partial charge in [0.1, 0.15) is 0 Å². The van der Waals surface area contributed by atoms with Crippen molar-refractivity contribution in [3.63, 3.8) is 0 Å². The van der Waals surface area contributed by atoms with Gasteiger partial charge in [-0.15, -0.1) is 0 Å². The van der Waals surface area contributed by atoms with Crippen molar-refractivity contribution < 1.29 is 4.79 Å². The van der Waals surface area contributed by atoms with E-state index in [4.69, 9.17) is 0 Å². The van der Waals surface area contributed by atoms with E-state index in [1.54, 1.807) is 0 Å². The molecule has 2 unspecified atom stereocenters. The number of carbonyl (C=O) groups is 1. The van der Waals surface area contributed by atoms with Gasteiger partial charge in [-0.25, -0.2) is 0 Å². The van der Waals surface area contributed by atoms with Crippen molar-refractivity contribution in [1.82, 2.24) is 5.32 Å². The molecule has 1 saturated heterocycles. The van der Waals surface area contributed by atoms with E-state index in [2.05, 4.69) is 33.0 Å². The van der Waals surface area contributed by atoms with E-state index in [-0.39, 0.29) is 10.7 Å². The second-order valence-corrected chi connectivity index (χ2v) is 5.55. The molecule has 12 heavy (non-hydrogen) atoms. The van der Waals surface area contributed by atoms with Gasteiger partial charge in [-0.05, 0) is 11.8 Å². The molecule has 1 aliphatic rings. The summed E-state index contributed by atoms with van der Waals surface area (Å²) >= 11 is 1.45. The van der Waals surface area contributed by atoms with Crippen LogP contribution in [0.4, 0.5) is 4.79 Å². The average molecular weight is 187 g/mol. The molecule has 2 atom stereocenters. The van der Waals surface area contributed by atoms with E-state index in [1.807, 2.05) is 0 Å². The Labute approximate surface area is 78.5 Å². The molecule has 0 aromatic rings. The summed E-state index contributed by atoms with van der Waals surface area (Å²) in [6.45, 7) is 8.65. The maximum absolute atomic E-state index is 11.1. The summed E-state index contributed by atoms with van der Waals surface area (Å²) in [5.74, 6) is 0. The molecule has 0 aromatic carbocycles. The van der Waals surface area contributed by atoms with Crippen LogP contribution in [0.5, 0.6) is 0 Å². The maximum Gasteiger partial charge on any atom is 0.279 e. The summed E-state index contributed by atoms with van der Waals surface area (Å²) in [5, 5.41) is 3.62. The number of thioether (sulfide) groups is 1. The molecule has 1 rings (SSSR count). The van der Waals surface area contributed by atoms with Crippen LogP contribution in [0.3, 0.4) is 0 Å². The highest BCUT2D eigenvalue weighted by Gasteiger charge is 2.39. The normalized spacial score (nSPS) is 30.5. The van der Waals surface area contributed by atoms with Crippen LogP contribution in [0.15, 0.2) is 0 Å². The van der Waals surface area contributed by atoms with Crippen LogP contribution in [0.1, 0.15) is 34.1 Å². The first-order valence-electron chi connectivity index (χ1n) is 4.42. The highest BCUT2D eigenvalue weighted by Crippen LogP contribution is 2.35. The maximum atomic E-state index is 11.1. The van der Waals surface area contributed by atoms with Gasteiger partial charge in [0.25, 0.3) is 5.24 Å². The second-order valence-electron chi connectivity index (χ2n) is 4.34. The second kappa shape index (κ2) is 3.29. The van der Waals surface area contributed by atoms with Crippen LogP contribution in [-0.2, 0) is 0 Å². The van der Waals surface area contributed by atoms with Crippen LogP contribution < -0.4 is 5.32 Å². The number of carbonyl (C=O) groups excluding carboxylic acids is 1. The van der Waals surface area contributed by atoms with Gasteiger partial charge in [-0.3, -0.25) is 4.79 Å². The quantitative estimate of drug-likeness (QED) is 0.683. The fraction of sp³-hybridized carbons (Fsp3) is 0.889. The Bertz CT molecular complexity index is 185. The predicted octanol–water partition coefficient (Wildman–Crippen LogP) is 2.64. The lowest BCUT2D eigenvalue weighted by Crippen LogP contribution is -2.42. The van der Waals surface area contributed by atoms with Crippen molar-refractivity contribution in [3.05, 3.63) is 0 Å². The van der Waals surface area contributed by atoms with Gasteiger partial charge >= 0.3 is 0 Å². The Hall–Kier alpha value is -0.180. The Balaban J connectivity index is 2.70. The third-order valence-electron chi connectivity index (χ3n) is 2.24. The van der Waals surface area contributed by atoms with Crippen molar-refractivity contribution in [2.75, 3.05) is 0 Å². The standard InChI is InChI=1S/C9H17NOS/c1-5-6-7(9(2,3)4)10-8(11)12-6/h6-7H,5H2,1-4H3,(H,10,11). The zero-order chi connectivity index (χ0) is 9.35. The zero-order valence-electron chi connectivity index (χ0n) is 8.18. The van der Waals surface area contributed by atoms with Gasteiger partial charge in [0.05, 0.1) is 0 Å². The number of rotatable bonds is 1. The van der Waals surface area contributed by atoms with E-state index in [9.17, 15) is 4.79 Å². The molecule has 1 heterocycles. The lowest BCUT2D eigenvalue weighted by molar-refractivity contribution is 0.241. The summed E-state index contributed by atoms with van der Waals surface area (Å²) in [6.07, 6.45) is 1.06. The van der Waals surface area contributed by atoms with Crippen LogP contribution in [0, 0.1) is 5.41 Å². The molecule has 3 heteroatoms. The van der Waals surface area contributed by atoms with Crippen LogP contribution >= 0.6 is 11.8 Å². The Morgan fingerprint density at radius 2 is 2.08 bits per heavy atom. The lowest BCUT2D eigenvalue weighted by Gasteiger charge is -2.30. The van der Waals surface area contributed by atoms with E-state index in [0.29, 0.717) is 11.3 Å². The minimum Gasteiger partial charge on any atom is -0.343 e. The predicted molar refractivity (Wildman–Crippen MR) is 53.4 cm³/mol. The van der Waals surface area contributed by atoms with E-state index < -0.39 is 0 Å². The molecule has 70 valence electrons. The molecular weight excluding hydrogens is 170 g/mol. The third kappa shape index (κ3) is 1.94. The summed E-state index contributed by atoms with van der Waals surface area (Å²) in [5.41, 5.74) is 0.180. The first-order valence-corrected chi connectivity index (χ1v) is 5.30. The van der Waals surface area contributed by atoms with Crippen molar-refractivity contribution in [1.29, 1.82) is 0 Å². The molecular formula is C9H17NOS. The van der Waals surface area contributed by atoms with E-state index in [1.165, 1.54) is 11.8 Å². The SMILES string of the molecule is CCC1SC(=O)NC1C(C)(C)C. The van der Waals surface area contributed by atoms with Gasteiger partial charge in [-0.2, -0.15) is 0 Å². The monoisotopic (exact) mass is 187 g/mol. The molecule has 0 spiro atoms. The first kappa shape index (κ1) is 9.90. The summed E-state index contributed by atoms with van der Waals surface area (Å²) < 4.78 is 0. The highest BCUT2D eigenvalue weighted by molar-refractivity contribution is 8.14. The molecule has 0 bridgehead atoms. The molecule has 1 aliphatic heterocycles. The van der Waals surface area contributed by atoms with Crippen molar-refractivity contribution in [2.24, 2.45) is 5.41 Å². The summed E-state index contributed by atoms with van der Waals surface area (Å²) in [4.78, 5) is 11.1. The van der Waals surface area contributed by atoms with Crippen molar-refractivity contribution >= 4 is 17.0 Å². The summed E-state index contributed by atoms with van der Waals surface area (Å²) in [6, 6.07) is 0.333. The van der Waals surface area contributed by atoms with Gasteiger partial charge < -0.3 is 5.32 Å². The largest absolute Gasteiger partial charge is 0.343 e. The molecule has 0 aromatic heterocycles. The topological polar surface area (TPSA) is 29.1 Å². The lowest BCUT2D eigenvalue weighted by atomic mass is 9.84. The fourth-order valence-corrected chi connectivity index (χ4v) is 2.80. The van der Waals surface area contributed by atoms with Crippen LogP contribution in [-0.4, -0.2) is 16.5 Å². The molecule has 0 aliphatic carbocycles. The van der Waals surface area contributed by atoms with Crippen LogP contribution in [0.25, 0.3) is 0 Å². The molecule has 1 N–H and O–H groups in total. The molecule has 0 saturated carbocycles. The Kier molecular flexibility index (Phi) is 2.71. The highest BCUT2D eigenvalue weighted by atomic mass is 32.2. The van der Waals surface area contributed by atoms with Gasteiger partial charge in [-0.1, -0.05) is 39.5 Å². The van der Waals surface area contributed by atoms with Crippen LogP contribution in [0.2, 0.25) is 0 Å². The number of nitrogens with one attached hydrogen (secondary N) is 1. The minimum atomic E-state index is 0.141. The van der Waals surface area contributed by atoms with Crippen molar-refractivity contribution in [2.45, 2.75) is 45.4 Å². The summed E-state index contributed by atoms with van der Waals surface area (Å²) in [7, 11) is 0.